The van der Waals surface area contributed by atoms with Crippen molar-refractivity contribution in [3.63, 3.8) is 0 Å². The molecule has 2 aromatic rings. The smallest absolute Gasteiger partial charge is 0.260 e. The number of aromatic nitrogens is 1. The van der Waals surface area contributed by atoms with Gasteiger partial charge in [-0.15, -0.1) is 0 Å². The highest BCUT2D eigenvalue weighted by atomic mass is 32.1. The van der Waals surface area contributed by atoms with Gasteiger partial charge in [-0.1, -0.05) is 43.2 Å². The largest absolute Gasteiger partial charge is 0.350 e. The number of nitrogens with zero attached hydrogens (tertiary/aromatic N) is 1. The van der Waals surface area contributed by atoms with Crippen LogP contribution in [0.15, 0.2) is 24.3 Å². The molecule has 0 bridgehead atoms. The number of benzene rings is 1. The number of carbonyl (C=O) groups is 2. The van der Waals surface area contributed by atoms with Crippen molar-refractivity contribution in [3.8, 4) is 0 Å². The standard InChI is InChI=1S/C16H22N4O2S/c1-3-4-5-10-14(21)19-20-15(22)11(2)17-16-18-12-8-6-7-9-13(12)23-16/h6-9,11H,3-5,10H2,1-2H3,(H,17,18)(H,19,21)(H,20,22)/t11-/m0/s1. The van der Waals surface area contributed by atoms with Gasteiger partial charge in [-0.05, 0) is 25.5 Å². The number of hydrogen-bond donors (Lipinski definition) is 3. The van der Waals surface area contributed by atoms with Gasteiger partial charge in [0.1, 0.15) is 6.04 Å². The average Bonchev–Trinajstić information content (AvgIpc) is 2.95. The van der Waals surface area contributed by atoms with Crippen LogP contribution in [0.5, 0.6) is 0 Å². The molecule has 124 valence electrons. The van der Waals surface area contributed by atoms with Crippen molar-refractivity contribution in [1.82, 2.24) is 15.8 Å². The number of rotatable bonds is 7. The van der Waals surface area contributed by atoms with Crippen molar-refractivity contribution >= 4 is 38.5 Å². The Bertz CT molecular complexity index is 638. The minimum atomic E-state index is -0.494. The monoisotopic (exact) mass is 334 g/mol. The summed E-state index contributed by atoms with van der Waals surface area (Å²) < 4.78 is 1.06. The first-order valence-corrected chi connectivity index (χ1v) is 8.62. The summed E-state index contributed by atoms with van der Waals surface area (Å²) in [6, 6.07) is 7.30. The average molecular weight is 334 g/mol. The van der Waals surface area contributed by atoms with E-state index < -0.39 is 6.04 Å². The van der Waals surface area contributed by atoms with Crippen molar-refractivity contribution in [3.05, 3.63) is 24.3 Å². The van der Waals surface area contributed by atoms with Gasteiger partial charge in [0.05, 0.1) is 10.2 Å². The second-order valence-corrected chi connectivity index (χ2v) is 6.38. The molecule has 0 aliphatic rings. The molecule has 2 amide bonds. The fourth-order valence-electron chi connectivity index (χ4n) is 2.02. The molecule has 7 heteroatoms. The van der Waals surface area contributed by atoms with Gasteiger partial charge in [-0.25, -0.2) is 4.98 Å². The first-order chi connectivity index (χ1) is 11.1. The summed E-state index contributed by atoms with van der Waals surface area (Å²) in [6.45, 7) is 3.81. The van der Waals surface area contributed by atoms with Crippen LogP contribution in [0.2, 0.25) is 0 Å². The minimum absolute atomic E-state index is 0.168. The molecule has 1 heterocycles. The fraction of sp³-hybridized carbons (Fsp3) is 0.438. The molecule has 0 saturated heterocycles. The van der Waals surface area contributed by atoms with Gasteiger partial charge in [0.15, 0.2) is 5.13 Å². The van der Waals surface area contributed by atoms with E-state index in [1.54, 1.807) is 6.92 Å². The molecule has 0 aliphatic heterocycles. The Hall–Kier alpha value is -2.15. The summed E-state index contributed by atoms with van der Waals surface area (Å²) in [5.41, 5.74) is 5.78. The Morgan fingerprint density at radius 1 is 1.22 bits per heavy atom. The minimum Gasteiger partial charge on any atom is -0.350 e. The van der Waals surface area contributed by atoms with E-state index in [9.17, 15) is 9.59 Å². The molecule has 6 nitrogen and oxygen atoms in total. The van der Waals surface area contributed by atoms with Crippen molar-refractivity contribution in [2.24, 2.45) is 0 Å². The molecule has 0 saturated carbocycles. The zero-order valence-electron chi connectivity index (χ0n) is 13.4. The summed E-state index contributed by atoms with van der Waals surface area (Å²) in [6.07, 6.45) is 3.32. The normalized spacial score (nSPS) is 11.9. The van der Waals surface area contributed by atoms with E-state index in [2.05, 4.69) is 28.1 Å². The molecular weight excluding hydrogens is 312 g/mol. The molecule has 1 aromatic carbocycles. The summed E-state index contributed by atoms with van der Waals surface area (Å²) >= 11 is 1.49. The van der Waals surface area contributed by atoms with Crippen LogP contribution >= 0.6 is 11.3 Å². The summed E-state index contributed by atoms with van der Waals surface area (Å²) in [4.78, 5) is 28.0. The number of thiazole rings is 1. The molecule has 1 atom stereocenters. The van der Waals surface area contributed by atoms with E-state index in [1.807, 2.05) is 24.3 Å². The predicted octanol–water partition coefficient (Wildman–Crippen LogP) is 2.82. The third-order valence-corrected chi connectivity index (χ3v) is 4.33. The number of carbonyl (C=O) groups excluding carboxylic acids is 2. The molecule has 0 aliphatic carbocycles. The Morgan fingerprint density at radius 3 is 2.74 bits per heavy atom. The molecule has 0 radical (unpaired) electrons. The number of unbranched alkanes of at least 4 members (excludes halogenated alkanes) is 2. The van der Waals surface area contributed by atoms with E-state index >= 15 is 0 Å². The number of anilines is 1. The Kier molecular flexibility index (Phi) is 6.34. The number of para-hydroxylation sites is 1. The maximum absolute atomic E-state index is 12.0. The van der Waals surface area contributed by atoms with Crippen molar-refractivity contribution < 1.29 is 9.59 Å². The molecule has 1 aromatic heterocycles. The third-order valence-electron chi connectivity index (χ3n) is 3.36. The number of fused-ring (bicyclic) bond motifs is 1. The second kappa shape index (κ2) is 8.47. The van der Waals surface area contributed by atoms with Crippen molar-refractivity contribution in [1.29, 1.82) is 0 Å². The number of hydrogen-bond acceptors (Lipinski definition) is 5. The zero-order chi connectivity index (χ0) is 16.7. The highest BCUT2D eigenvalue weighted by molar-refractivity contribution is 7.22. The first kappa shape index (κ1) is 17.2. The van der Waals surface area contributed by atoms with Gasteiger partial charge in [0, 0.05) is 6.42 Å². The fourth-order valence-corrected chi connectivity index (χ4v) is 2.98. The zero-order valence-corrected chi connectivity index (χ0v) is 14.2. The SMILES string of the molecule is CCCCCC(=O)NNC(=O)[C@H](C)Nc1nc2ccccc2s1. The third kappa shape index (κ3) is 5.21. The van der Waals surface area contributed by atoms with Gasteiger partial charge >= 0.3 is 0 Å². The molecule has 3 N–H and O–H groups in total. The van der Waals surface area contributed by atoms with Crippen molar-refractivity contribution in [2.45, 2.75) is 45.6 Å². The maximum Gasteiger partial charge on any atom is 0.260 e. The van der Waals surface area contributed by atoms with Crippen LogP contribution in [0.3, 0.4) is 0 Å². The molecule has 23 heavy (non-hydrogen) atoms. The van der Waals surface area contributed by atoms with E-state index in [0.29, 0.717) is 11.6 Å². The number of hydrazine groups is 1. The van der Waals surface area contributed by atoms with E-state index in [-0.39, 0.29) is 11.8 Å². The first-order valence-electron chi connectivity index (χ1n) is 7.81. The van der Waals surface area contributed by atoms with Crippen LogP contribution in [-0.2, 0) is 9.59 Å². The summed E-state index contributed by atoms with van der Waals surface area (Å²) in [5.74, 6) is -0.466. The van der Waals surface area contributed by atoms with Crippen LogP contribution in [0.1, 0.15) is 39.5 Å². The lowest BCUT2D eigenvalue weighted by Crippen LogP contribution is -2.47. The van der Waals surface area contributed by atoms with Crippen LogP contribution < -0.4 is 16.2 Å². The van der Waals surface area contributed by atoms with E-state index in [0.717, 1.165) is 29.5 Å². The highest BCUT2D eigenvalue weighted by Gasteiger charge is 2.15. The van der Waals surface area contributed by atoms with Gasteiger partial charge in [0.25, 0.3) is 5.91 Å². The molecule has 0 fully saturated rings. The quantitative estimate of drug-likeness (QED) is 0.537. The lowest BCUT2D eigenvalue weighted by Gasteiger charge is -2.13. The lowest BCUT2D eigenvalue weighted by molar-refractivity contribution is -0.129. The van der Waals surface area contributed by atoms with Crippen LogP contribution in [-0.4, -0.2) is 22.8 Å². The number of nitrogens with one attached hydrogen (secondary N) is 3. The summed E-state index contributed by atoms with van der Waals surface area (Å²) in [5, 5.41) is 3.73. The molecule has 0 unspecified atom stereocenters. The maximum atomic E-state index is 12.0. The van der Waals surface area contributed by atoms with Crippen LogP contribution in [0.25, 0.3) is 10.2 Å². The van der Waals surface area contributed by atoms with Gasteiger partial charge in [0.2, 0.25) is 5.91 Å². The highest BCUT2D eigenvalue weighted by Crippen LogP contribution is 2.25. The van der Waals surface area contributed by atoms with Gasteiger partial charge in [-0.3, -0.25) is 20.4 Å². The molecule has 0 spiro atoms. The van der Waals surface area contributed by atoms with Gasteiger partial charge in [-0.2, -0.15) is 0 Å². The van der Waals surface area contributed by atoms with E-state index in [1.165, 1.54) is 11.3 Å². The van der Waals surface area contributed by atoms with Crippen LogP contribution in [0.4, 0.5) is 5.13 Å². The van der Waals surface area contributed by atoms with Gasteiger partial charge < -0.3 is 5.32 Å². The number of amides is 2. The lowest BCUT2D eigenvalue weighted by atomic mass is 10.2. The molecular formula is C16H22N4O2S. The van der Waals surface area contributed by atoms with Crippen molar-refractivity contribution in [2.75, 3.05) is 5.32 Å². The Morgan fingerprint density at radius 2 is 2.00 bits per heavy atom. The summed E-state index contributed by atoms with van der Waals surface area (Å²) in [7, 11) is 0. The van der Waals surface area contributed by atoms with Crippen LogP contribution in [0, 0.1) is 0 Å². The van der Waals surface area contributed by atoms with E-state index in [4.69, 9.17) is 0 Å². The Labute approximate surface area is 139 Å². The predicted molar refractivity (Wildman–Crippen MR) is 93.1 cm³/mol. The molecule has 2 rings (SSSR count). The second-order valence-electron chi connectivity index (χ2n) is 5.35. The Balaban J connectivity index is 1.79. The topological polar surface area (TPSA) is 83.1 Å².